The van der Waals surface area contributed by atoms with Gasteiger partial charge in [0.05, 0.1) is 11.4 Å². The van der Waals surface area contributed by atoms with E-state index < -0.39 is 0 Å². The average Bonchev–Trinajstić information content (AvgIpc) is 2.93. The first-order valence-corrected chi connectivity index (χ1v) is 10.0. The van der Waals surface area contributed by atoms with E-state index in [1.165, 1.54) is 5.56 Å². The van der Waals surface area contributed by atoms with Crippen molar-refractivity contribution in [2.45, 2.75) is 45.7 Å². The number of benzene rings is 2. The Bertz CT molecular complexity index is 955. The molecule has 4 heteroatoms. The lowest BCUT2D eigenvalue weighted by Crippen LogP contribution is -2.31. The third kappa shape index (κ3) is 4.12. The van der Waals surface area contributed by atoms with Crippen molar-refractivity contribution in [1.82, 2.24) is 14.3 Å². The van der Waals surface area contributed by atoms with Crippen LogP contribution in [0.5, 0.6) is 0 Å². The third-order valence-electron chi connectivity index (χ3n) is 5.53. The maximum atomic E-state index is 13.2. The van der Waals surface area contributed by atoms with Crippen LogP contribution in [0.15, 0.2) is 65.5 Å². The van der Waals surface area contributed by atoms with E-state index in [1.54, 1.807) is 4.68 Å². The predicted molar refractivity (Wildman–Crippen MR) is 116 cm³/mol. The van der Waals surface area contributed by atoms with Crippen molar-refractivity contribution in [3.05, 3.63) is 87.8 Å². The molecule has 0 saturated carbocycles. The first kappa shape index (κ1) is 20.2. The van der Waals surface area contributed by atoms with Crippen LogP contribution in [-0.2, 0) is 20.0 Å². The molecule has 1 heterocycles. The molecule has 148 valence electrons. The van der Waals surface area contributed by atoms with Gasteiger partial charge in [0.15, 0.2) is 0 Å². The largest absolute Gasteiger partial charge is 0.298 e. The molecule has 0 N–H and O–H groups in total. The van der Waals surface area contributed by atoms with Crippen LogP contribution in [0.1, 0.15) is 43.5 Å². The standard InChI is InChI=1S/C24H31N3O/c1-18(2)23-22(17-25(4)19(3)16-20-12-8-6-9-13-20)26(5)27(24(23)28)21-14-10-7-11-15-21/h6-15,18-19H,16-17H2,1-5H3/t19-/m1/s1. The van der Waals surface area contributed by atoms with Gasteiger partial charge < -0.3 is 0 Å². The summed E-state index contributed by atoms with van der Waals surface area (Å²) in [7, 11) is 4.13. The van der Waals surface area contributed by atoms with Crippen molar-refractivity contribution in [1.29, 1.82) is 0 Å². The molecule has 0 radical (unpaired) electrons. The van der Waals surface area contributed by atoms with Gasteiger partial charge in [-0.15, -0.1) is 0 Å². The summed E-state index contributed by atoms with van der Waals surface area (Å²) < 4.78 is 3.82. The Kier molecular flexibility index (Phi) is 6.20. The van der Waals surface area contributed by atoms with Gasteiger partial charge in [-0.3, -0.25) is 14.4 Å². The quantitative estimate of drug-likeness (QED) is 0.612. The van der Waals surface area contributed by atoms with E-state index in [1.807, 2.05) is 42.1 Å². The molecule has 3 aromatic rings. The normalized spacial score (nSPS) is 12.7. The van der Waals surface area contributed by atoms with E-state index in [4.69, 9.17) is 0 Å². The first-order valence-electron chi connectivity index (χ1n) is 10.0. The van der Waals surface area contributed by atoms with E-state index in [2.05, 4.69) is 63.1 Å². The maximum Gasteiger partial charge on any atom is 0.275 e. The fourth-order valence-electron chi connectivity index (χ4n) is 3.80. The van der Waals surface area contributed by atoms with Crippen LogP contribution in [0, 0.1) is 0 Å². The molecule has 0 aliphatic rings. The van der Waals surface area contributed by atoms with Crippen molar-refractivity contribution in [2.24, 2.45) is 7.05 Å². The molecular weight excluding hydrogens is 346 g/mol. The lowest BCUT2D eigenvalue weighted by molar-refractivity contribution is 0.240. The molecule has 0 amide bonds. The fourth-order valence-corrected chi connectivity index (χ4v) is 3.80. The Morgan fingerprint density at radius 3 is 2.07 bits per heavy atom. The van der Waals surface area contributed by atoms with Gasteiger partial charge in [0, 0.05) is 25.2 Å². The zero-order valence-electron chi connectivity index (χ0n) is 17.6. The predicted octanol–water partition coefficient (Wildman–Crippen LogP) is 4.36. The topological polar surface area (TPSA) is 30.2 Å². The number of para-hydroxylation sites is 1. The van der Waals surface area contributed by atoms with Crippen LogP contribution < -0.4 is 5.56 Å². The van der Waals surface area contributed by atoms with Crippen molar-refractivity contribution in [3.63, 3.8) is 0 Å². The van der Waals surface area contributed by atoms with Crippen molar-refractivity contribution in [2.75, 3.05) is 7.05 Å². The molecule has 28 heavy (non-hydrogen) atoms. The minimum absolute atomic E-state index is 0.0859. The van der Waals surface area contributed by atoms with Crippen molar-refractivity contribution in [3.8, 4) is 5.69 Å². The highest BCUT2D eigenvalue weighted by Gasteiger charge is 2.23. The minimum atomic E-state index is 0.0859. The molecule has 0 bridgehead atoms. The lowest BCUT2D eigenvalue weighted by Gasteiger charge is -2.26. The Labute approximate surface area is 168 Å². The lowest BCUT2D eigenvalue weighted by atomic mass is 10.0. The van der Waals surface area contributed by atoms with Crippen LogP contribution in [0.4, 0.5) is 0 Å². The maximum absolute atomic E-state index is 13.2. The molecular formula is C24H31N3O. The van der Waals surface area contributed by atoms with Crippen molar-refractivity contribution < 1.29 is 0 Å². The van der Waals surface area contributed by atoms with E-state index in [0.717, 1.165) is 29.9 Å². The summed E-state index contributed by atoms with van der Waals surface area (Å²) in [6.45, 7) is 7.19. The zero-order chi connectivity index (χ0) is 20.3. The Balaban J connectivity index is 1.92. The fraction of sp³-hybridized carbons (Fsp3) is 0.375. The van der Waals surface area contributed by atoms with Gasteiger partial charge >= 0.3 is 0 Å². The van der Waals surface area contributed by atoms with Gasteiger partial charge in [0.2, 0.25) is 0 Å². The molecule has 0 spiro atoms. The molecule has 0 saturated heterocycles. The number of hydrogen-bond acceptors (Lipinski definition) is 2. The summed E-state index contributed by atoms with van der Waals surface area (Å²) >= 11 is 0. The molecule has 1 aromatic heterocycles. The molecule has 3 rings (SSSR count). The molecule has 0 fully saturated rings. The molecule has 0 aliphatic heterocycles. The highest BCUT2D eigenvalue weighted by Crippen LogP contribution is 2.21. The van der Waals surface area contributed by atoms with Gasteiger partial charge in [-0.2, -0.15) is 0 Å². The van der Waals surface area contributed by atoms with Crippen LogP contribution in [0.2, 0.25) is 0 Å². The van der Waals surface area contributed by atoms with E-state index in [0.29, 0.717) is 6.04 Å². The average molecular weight is 378 g/mol. The Hall–Kier alpha value is -2.59. The van der Waals surface area contributed by atoms with E-state index in [9.17, 15) is 4.79 Å². The second-order valence-electron chi connectivity index (χ2n) is 7.95. The highest BCUT2D eigenvalue weighted by molar-refractivity contribution is 5.34. The molecule has 0 aliphatic carbocycles. The highest BCUT2D eigenvalue weighted by atomic mass is 16.1. The summed E-state index contributed by atoms with van der Waals surface area (Å²) in [6, 6.07) is 20.8. The zero-order valence-corrected chi connectivity index (χ0v) is 17.6. The smallest absolute Gasteiger partial charge is 0.275 e. The van der Waals surface area contributed by atoms with Gasteiger partial charge in [-0.1, -0.05) is 62.4 Å². The van der Waals surface area contributed by atoms with Gasteiger partial charge in [-0.05, 0) is 44.0 Å². The molecule has 0 unspecified atom stereocenters. The van der Waals surface area contributed by atoms with Crippen LogP contribution in [0.3, 0.4) is 0 Å². The summed E-state index contributed by atoms with van der Waals surface area (Å²) in [6.07, 6.45) is 0.988. The molecule has 2 aromatic carbocycles. The first-order chi connectivity index (χ1) is 13.4. The Morgan fingerprint density at radius 2 is 1.50 bits per heavy atom. The number of aromatic nitrogens is 2. The third-order valence-corrected chi connectivity index (χ3v) is 5.53. The summed E-state index contributed by atoms with van der Waals surface area (Å²) in [5.74, 6) is 0.177. The van der Waals surface area contributed by atoms with Crippen LogP contribution in [-0.4, -0.2) is 27.4 Å². The number of hydrogen-bond donors (Lipinski definition) is 0. The van der Waals surface area contributed by atoms with Gasteiger partial charge in [0.1, 0.15) is 0 Å². The van der Waals surface area contributed by atoms with E-state index in [-0.39, 0.29) is 11.5 Å². The Morgan fingerprint density at radius 1 is 0.929 bits per heavy atom. The summed E-state index contributed by atoms with van der Waals surface area (Å²) in [4.78, 5) is 15.6. The second kappa shape index (κ2) is 8.61. The number of nitrogens with zero attached hydrogens (tertiary/aromatic N) is 3. The van der Waals surface area contributed by atoms with E-state index >= 15 is 0 Å². The van der Waals surface area contributed by atoms with Crippen LogP contribution >= 0.6 is 0 Å². The minimum Gasteiger partial charge on any atom is -0.298 e. The molecule has 4 nitrogen and oxygen atoms in total. The number of likely N-dealkylation sites (N-methyl/N-ethyl adjacent to an activating group) is 1. The van der Waals surface area contributed by atoms with Gasteiger partial charge in [-0.25, -0.2) is 4.68 Å². The summed E-state index contributed by atoms with van der Waals surface area (Å²) in [5, 5.41) is 0. The SMILES string of the molecule is CC(C)c1c(CN(C)[C@H](C)Cc2ccccc2)n(C)n(-c2ccccc2)c1=O. The van der Waals surface area contributed by atoms with Gasteiger partial charge in [0.25, 0.3) is 5.56 Å². The summed E-state index contributed by atoms with van der Waals surface area (Å²) in [5.41, 5.74) is 4.32. The second-order valence-corrected chi connectivity index (χ2v) is 7.95. The monoisotopic (exact) mass is 377 g/mol. The number of rotatable bonds is 7. The van der Waals surface area contributed by atoms with Crippen LogP contribution in [0.25, 0.3) is 5.69 Å². The molecule has 1 atom stereocenters. The van der Waals surface area contributed by atoms with Crippen molar-refractivity contribution >= 4 is 0 Å².